The van der Waals surface area contributed by atoms with E-state index in [2.05, 4.69) is 5.32 Å². The molecule has 70 valence electrons. The van der Waals surface area contributed by atoms with Gasteiger partial charge in [-0.1, -0.05) is 0 Å². The molecule has 0 aromatic rings. The maximum atomic E-state index is 10.5. The average Bonchev–Trinajstić information content (AvgIpc) is 2.30. The highest BCUT2D eigenvalue weighted by atomic mass is 16.4. The summed E-state index contributed by atoms with van der Waals surface area (Å²) in [4.78, 5) is 10.5. The van der Waals surface area contributed by atoms with Crippen LogP contribution < -0.4 is 5.32 Å². The fraction of sp³-hybridized carbons (Fsp3) is 0.875. The van der Waals surface area contributed by atoms with Crippen molar-refractivity contribution in [2.24, 2.45) is 5.92 Å². The van der Waals surface area contributed by atoms with Crippen molar-refractivity contribution < 1.29 is 15.0 Å². The summed E-state index contributed by atoms with van der Waals surface area (Å²) in [6.07, 6.45) is 0.513. The molecule has 1 saturated heterocycles. The van der Waals surface area contributed by atoms with E-state index in [0.717, 1.165) is 0 Å². The summed E-state index contributed by atoms with van der Waals surface area (Å²) in [7, 11) is 0. The molecule has 1 rings (SSSR count). The molecule has 12 heavy (non-hydrogen) atoms. The van der Waals surface area contributed by atoms with Crippen molar-refractivity contribution in [2.45, 2.75) is 31.9 Å². The van der Waals surface area contributed by atoms with Gasteiger partial charge in [0.1, 0.15) is 6.04 Å². The van der Waals surface area contributed by atoms with Crippen LogP contribution in [0, 0.1) is 5.92 Å². The predicted octanol–water partition coefficient (Wildman–Crippen LogP) is -0.180. The number of aliphatic carboxylic acids is 1. The van der Waals surface area contributed by atoms with E-state index >= 15 is 0 Å². The minimum Gasteiger partial charge on any atom is -0.480 e. The summed E-state index contributed by atoms with van der Waals surface area (Å²) in [5.74, 6) is -0.791. The first kappa shape index (κ1) is 9.48. The molecule has 0 bridgehead atoms. The first-order chi connectivity index (χ1) is 5.41. The number of rotatable bonds is 2. The molecule has 2 atom stereocenters. The zero-order valence-corrected chi connectivity index (χ0v) is 7.37. The number of hydrogen-bond acceptors (Lipinski definition) is 3. The van der Waals surface area contributed by atoms with Gasteiger partial charge in [-0.15, -0.1) is 0 Å². The zero-order chi connectivity index (χ0) is 9.35. The van der Waals surface area contributed by atoms with Crippen molar-refractivity contribution in [3.05, 3.63) is 0 Å². The highest BCUT2D eigenvalue weighted by Crippen LogP contribution is 2.25. The van der Waals surface area contributed by atoms with E-state index in [0.29, 0.717) is 13.0 Å². The summed E-state index contributed by atoms with van der Waals surface area (Å²) >= 11 is 0. The molecule has 0 amide bonds. The Bertz CT molecular complexity index is 185. The molecule has 2 unspecified atom stereocenters. The van der Waals surface area contributed by atoms with Gasteiger partial charge in [0.25, 0.3) is 0 Å². The molecule has 4 heteroatoms. The van der Waals surface area contributed by atoms with E-state index in [1.165, 1.54) is 0 Å². The van der Waals surface area contributed by atoms with Crippen LogP contribution in [0.4, 0.5) is 0 Å². The number of carboxylic acids is 1. The molecule has 0 saturated carbocycles. The third-order valence-electron chi connectivity index (χ3n) is 2.43. The predicted molar refractivity (Wildman–Crippen MR) is 43.8 cm³/mol. The second kappa shape index (κ2) is 3.03. The number of hydrogen-bond donors (Lipinski definition) is 3. The topological polar surface area (TPSA) is 69.6 Å². The Kier molecular flexibility index (Phi) is 2.39. The smallest absolute Gasteiger partial charge is 0.320 e. The van der Waals surface area contributed by atoms with Crippen LogP contribution in [-0.2, 0) is 4.79 Å². The van der Waals surface area contributed by atoms with Gasteiger partial charge in [-0.25, -0.2) is 0 Å². The molecule has 4 nitrogen and oxygen atoms in total. The number of carboxylic acid groups (broad SMARTS) is 1. The second-order valence-electron chi connectivity index (χ2n) is 3.89. The van der Waals surface area contributed by atoms with Gasteiger partial charge in [-0.05, 0) is 20.3 Å². The number of carbonyl (C=O) groups is 1. The monoisotopic (exact) mass is 173 g/mol. The summed E-state index contributed by atoms with van der Waals surface area (Å²) < 4.78 is 0. The molecule has 0 radical (unpaired) electrons. The van der Waals surface area contributed by atoms with Gasteiger partial charge in [0, 0.05) is 12.5 Å². The summed E-state index contributed by atoms with van der Waals surface area (Å²) in [6, 6.07) is -0.485. The minimum atomic E-state index is -0.832. The quantitative estimate of drug-likeness (QED) is 0.542. The lowest BCUT2D eigenvalue weighted by molar-refractivity contribution is -0.139. The maximum absolute atomic E-state index is 10.5. The van der Waals surface area contributed by atoms with Crippen LogP contribution in [0.15, 0.2) is 0 Å². The highest BCUT2D eigenvalue weighted by Gasteiger charge is 2.36. The molecule has 0 aromatic carbocycles. The Balaban J connectivity index is 2.51. The SMILES string of the molecule is CC(C)(O)C1CNC(C(=O)O)C1. The second-order valence-corrected chi connectivity index (χ2v) is 3.89. The standard InChI is InChI=1S/C8H15NO3/c1-8(2,12)5-3-6(7(10)11)9-4-5/h5-6,9,12H,3-4H2,1-2H3,(H,10,11). The third-order valence-corrected chi connectivity index (χ3v) is 2.43. The fourth-order valence-electron chi connectivity index (χ4n) is 1.46. The van der Waals surface area contributed by atoms with Gasteiger partial charge in [0.05, 0.1) is 5.60 Å². The lowest BCUT2D eigenvalue weighted by atomic mass is 9.89. The normalized spacial score (nSPS) is 30.6. The molecule has 1 aliphatic heterocycles. The lowest BCUT2D eigenvalue weighted by Crippen LogP contribution is -2.32. The molecule has 1 fully saturated rings. The Morgan fingerprint density at radius 3 is 2.42 bits per heavy atom. The van der Waals surface area contributed by atoms with Crippen molar-refractivity contribution in [1.29, 1.82) is 0 Å². The fourth-order valence-corrected chi connectivity index (χ4v) is 1.46. The van der Waals surface area contributed by atoms with Gasteiger partial charge < -0.3 is 15.5 Å². The third kappa shape index (κ3) is 1.95. The average molecular weight is 173 g/mol. The molecule has 0 aliphatic carbocycles. The van der Waals surface area contributed by atoms with Gasteiger partial charge in [0.15, 0.2) is 0 Å². The lowest BCUT2D eigenvalue weighted by Gasteiger charge is -2.24. The highest BCUT2D eigenvalue weighted by molar-refractivity contribution is 5.73. The van der Waals surface area contributed by atoms with Crippen LogP contribution in [0.1, 0.15) is 20.3 Å². The Morgan fingerprint density at radius 2 is 2.17 bits per heavy atom. The molecular formula is C8H15NO3. The zero-order valence-electron chi connectivity index (χ0n) is 7.37. The Labute approximate surface area is 71.6 Å². The van der Waals surface area contributed by atoms with Gasteiger partial charge in [0.2, 0.25) is 0 Å². The summed E-state index contributed by atoms with van der Waals surface area (Å²) in [5, 5.41) is 21.1. The van der Waals surface area contributed by atoms with E-state index in [9.17, 15) is 9.90 Å². The van der Waals surface area contributed by atoms with Crippen molar-refractivity contribution in [3.8, 4) is 0 Å². The number of aliphatic hydroxyl groups is 1. The molecule has 1 heterocycles. The van der Waals surface area contributed by atoms with Crippen LogP contribution in [0.3, 0.4) is 0 Å². The van der Waals surface area contributed by atoms with Crippen molar-refractivity contribution in [1.82, 2.24) is 5.32 Å². The molecule has 3 N–H and O–H groups in total. The first-order valence-electron chi connectivity index (χ1n) is 4.10. The summed E-state index contributed by atoms with van der Waals surface area (Å²) in [5.41, 5.74) is -0.781. The van der Waals surface area contributed by atoms with Crippen LogP contribution in [-0.4, -0.2) is 34.4 Å². The maximum Gasteiger partial charge on any atom is 0.320 e. The summed E-state index contributed by atoms with van der Waals surface area (Å²) in [6.45, 7) is 4.01. The van der Waals surface area contributed by atoms with E-state index in [4.69, 9.17) is 5.11 Å². The molecule has 0 spiro atoms. The molecule has 1 aliphatic rings. The van der Waals surface area contributed by atoms with E-state index < -0.39 is 17.6 Å². The van der Waals surface area contributed by atoms with E-state index in [1.807, 2.05) is 0 Å². The van der Waals surface area contributed by atoms with Crippen molar-refractivity contribution >= 4 is 5.97 Å². The largest absolute Gasteiger partial charge is 0.480 e. The van der Waals surface area contributed by atoms with Crippen molar-refractivity contribution in [3.63, 3.8) is 0 Å². The van der Waals surface area contributed by atoms with Gasteiger partial charge >= 0.3 is 5.97 Å². The van der Waals surface area contributed by atoms with Crippen LogP contribution in [0.25, 0.3) is 0 Å². The Morgan fingerprint density at radius 1 is 1.58 bits per heavy atom. The van der Waals surface area contributed by atoms with E-state index in [-0.39, 0.29) is 5.92 Å². The van der Waals surface area contributed by atoms with Crippen LogP contribution in [0.2, 0.25) is 0 Å². The van der Waals surface area contributed by atoms with Crippen LogP contribution >= 0.6 is 0 Å². The van der Waals surface area contributed by atoms with Crippen LogP contribution in [0.5, 0.6) is 0 Å². The molecule has 0 aromatic heterocycles. The Hall–Kier alpha value is -0.610. The molecular weight excluding hydrogens is 158 g/mol. The van der Waals surface area contributed by atoms with Gasteiger partial charge in [-0.2, -0.15) is 0 Å². The van der Waals surface area contributed by atoms with Gasteiger partial charge in [-0.3, -0.25) is 4.79 Å². The van der Waals surface area contributed by atoms with Crippen molar-refractivity contribution in [2.75, 3.05) is 6.54 Å². The minimum absolute atomic E-state index is 0.0404. The number of nitrogens with one attached hydrogen (secondary N) is 1. The van der Waals surface area contributed by atoms with E-state index in [1.54, 1.807) is 13.8 Å². The first-order valence-corrected chi connectivity index (χ1v) is 4.10.